The third-order valence-electron chi connectivity index (χ3n) is 5.30. The van der Waals surface area contributed by atoms with E-state index in [1.54, 1.807) is 25.1 Å². The summed E-state index contributed by atoms with van der Waals surface area (Å²) in [5.74, 6) is -0.732. The zero-order chi connectivity index (χ0) is 26.2. The lowest BCUT2D eigenvalue weighted by Gasteiger charge is -2.12. The molecular formula is C29H25NO7. The largest absolute Gasteiger partial charge is 0.492 e. The van der Waals surface area contributed by atoms with Crippen LogP contribution in [0.3, 0.4) is 0 Å². The molecule has 3 aromatic carbocycles. The van der Waals surface area contributed by atoms with Crippen LogP contribution in [0.2, 0.25) is 0 Å². The molecule has 4 aromatic rings. The van der Waals surface area contributed by atoms with Gasteiger partial charge in [-0.3, -0.25) is 0 Å². The lowest BCUT2D eigenvalue weighted by Crippen LogP contribution is -2.10. The van der Waals surface area contributed by atoms with Gasteiger partial charge in [0, 0.05) is 16.7 Å². The third-order valence-corrected chi connectivity index (χ3v) is 5.30. The summed E-state index contributed by atoms with van der Waals surface area (Å²) >= 11 is 0. The van der Waals surface area contributed by atoms with Gasteiger partial charge in [0.15, 0.2) is 23.9 Å². The molecule has 0 fully saturated rings. The van der Waals surface area contributed by atoms with Gasteiger partial charge in [-0.05, 0) is 19.1 Å². The van der Waals surface area contributed by atoms with E-state index in [9.17, 15) is 9.59 Å². The highest BCUT2D eigenvalue weighted by Gasteiger charge is 2.25. The molecule has 0 amide bonds. The number of nitrogens with zero attached hydrogens (tertiary/aromatic N) is 1. The summed E-state index contributed by atoms with van der Waals surface area (Å²) < 4.78 is 22.4. The number of oxazole rings is 1. The molecule has 4 rings (SSSR count). The van der Waals surface area contributed by atoms with Crippen molar-refractivity contribution in [2.24, 2.45) is 0 Å². The van der Waals surface area contributed by atoms with Crippen LogP contribution in [-0.2, 0) is 14.3 Å². The number of carbonyl (C=O) groups excluding carboxylic acids is 1. The van der Waals surface area contributed by atoms with Crippen molar-refractivity contribution in [2.75, 3.05) is 20.3 Å². The predicted octanol–water partition coefficient (Wildman–Crippen LogP) is 5.58. The molecule has 1 aromatic heterocycles. The number of hydrogen-bond donors (Lipinski definition) is 1. The summed E-state index contributed by atoms with van der Waals surface area (Å²) in [5, 5.41) is 8.99. The fourth-order valence-corrected chi connectivity index (χ4v) is 3.70. The van der Waals surface area contributed by atoms with Crippen LogP contribution in [0.4, 0.5) is 0 Å². The average molecular weight is 500 g/mol. The summed E-state index contributed by atoms with van der Waals surface area (Å²) in [6, 6.07) is 23.9. The molecule has 1 heterocycles. The second-order valence-corrected chi connectivity index (χ2v) is 7.77. The Labute approximate surface area is 213 Å². The number of rotatable bonds is 10. The molecule has 0 aliphatic heterocycles. The highest BCUT2D eigenvalue weighted by Crippen LogP contribution is 2.37. The van der Waals surface area contributed by atoms with Crippen LogP contribution < -0.4 is 9.47 Å². The number of methoxy groups -OCH3 is 1. The van der Waals surface area contributed by atoms with Crippen molar-refractivity contribution in [1.29, 1.82) is 0 Å². The number of para-hydroxylation sites is 1. The molecule has 0 aliphatic rings. The molecule has 188 valence electrons. The van der Waals surface area contributed by atoms with Gasteiger partial charge in [-0.2, -0.15) is 0 Å². The highest BCUT2D eigenvalue weighted by molar-refractivity contribution is 6.20. The molecule has 0 aliphatic carbocycles. The van der Waals surface area contributed by atoms with Crippen molar-refractivity contribution >= 4 is 23.6 Å². The number of aliphatic carboxylic acids is 1. The van der Waals surface area contributed by atoms with E-state index in [4.69, 9.17) is 28.7 Å². The summed E-state index contributed by atoms with van der Waals surface area (Å²) in [5.41, 5.74) is 2.71. The van der Waals surface area contributed by atoms with Gasteiger partial charge in [0.05, 0.1) is 13.7 Å². The van der Waals surface area contributed by atoms with Crippen LogP contribution in [0.5, 0.6) is 11.5 Å². The number of carboxylic acids is 1. The van der Waals surface area contributed by atoms with E-state index in [0.29, 0.717) is 17.0 Å². The lowest BCUT2D eigenvalue weighted by molar-refractivity contribution is -0.139. The maximum atomic E-state index is 13.1. The monoisotopic (exact) mass is 499 g/mol. The SMILES string of the molecule is CCOC(=O)/C(=C/c1cccc(OCC(=O)O)c1OC)c1nc(-c2ccccc2)c(-c2ccccc2)o1. The third kappa shape index (κ3) is 5.87. The van der Waals surface area contributed by atoms with E-state index in [-0.39, 0.29) is 29.6 Å². The maximum absolute atomic E-state index is 13.1. The Kier molecular flexibility index (Phi) is 8.00. The first-order valence-corrected chi connectivity index (χ1v) is 11.5. The number of carboxylic acid groups (broad SMARTS) is 1. The minimum atomic E-state index is -1.13. The summed E-state index contributed by atoms with van der Waals surface area (Å²) in [6.45, 7) is 1.30. The lowest BCUT2D eigenvalue weighted by atomic mass is 10.1. The fraction of sp³-hybridized carbons (Fsp3) is 0.138. The fourth-order valence-electron chi connectivity index (χ4n) is 3.70. The second-order valence-electron chi connectivity index (χ2n) is 7.77. The van der Waals surface area contributed by atoms with Crippen molar-refractivity contribution in [1.82, 2.24) is 4.98 Å². The van der Waals surface area contributed by atoms with Crippen molar-refractivity contribution < 1.29 is 33.3 Å². The standard InChI is InChI=1S/C29H25NO7/c1-3-35-29(33)22(17-21-15-10-16-23(26(21)34-2)36-18-24(31)32)28-30-25(19-11-6-4-7-12-19)27(37-28)20-13-8-5-9-14-20/h4-17H,3,18H2,1-2H3,(H,31,32)/b22-17+. The highest BCUT2D eigenvalue weighted by atomic mass is 16.5. The van der Waals surface area contributed by atoms with Crippen molar-refractivity contribution in [3.63, 3.8) is 0 Å². The molecule has 0 saturated heterocycles. The van der Waals surface area contributed by atoms with Gasteiger partial charge in [-0.15, -0.1) is 0 Å². The first-order chi connectivity index (χ1) is 18.0. The van der Waals surface area contributed by atoms with Crippen LogP contribution in [0.25, 0.3) is 34.2 Å². The summed E-state index contributed by atoms with van der Waals surface area (Å²) in [7, 11) is 1.43. The molecule has 37 heavy (non-hydrogen) atoms. The first-order valence-electron chi connectivity index (χ1n) is 11.5. The van der Waals surface area contributed by atoms with E-state index in [1.165, 1.54) is 13.2 Å². The Morgan fingerprint density at radius 1 is 0.946 bits per heavy atom. The van der Waals surface area contributed by atoms with Gasteiger partial charge in [0.25, 0.3) is 0 Å². The molecule has 0 bridgehead atoms. The molecule has 0 spiro atoms. The maximum Gasteiger partial charge on any atom is 0.343 e. The van der Waals surface area contributed by atoms with E-state index < -0.39 is 18.5 Å². The quantitative estimate of drug-likeness (QED) is 0.222. The Morgan fingerprint density at radius 3 is 2.24 bits per heavy atom. The molecule has 0 radical (unpaired) electrons. The van der Waals surface area contributed by atoms with Crippen molar-refractivity contribution in [3.8, 4) is 34.1 Å². The molecule has 8 heteroatoms. The van der Waals surface area contributed by atoms with E-state index in [2.05, 4.69) is 0 Å². The van der Waals surface area contributed by atoms with Crippen LogP contribution in [0.15, 0.2) is 83.3 Å². The van der Waals surface area contributed by atoms with Gasteiger partial charge >= 0.3 is 11.9 Å². The van der Waals surface area contributed by atoms with Crippen LogP contribution in [0, 0.1) is 0 Å². The molecule has 1 N–H and O–H groups in total. The molecule has 0 atom stereocenters. The van der Waals surface area contributed by atoms with Crippen LogP contribution in [0.1, 0.15) is 18.4 Å². The number of hydrogen-bond acceptors (Lipinski definition) is 7. The second kappa shape index (κ2) is 11.7. The topological polar surface area (TPSA) is 108 Å². The van der Waals surface area contributed by atoms with E-state index in [1.807, 2.05) is 60.7 Å². The van der Waals surface area contributed by atoms with Crippen molar-refractivity contribution in [3.05, 3.63) is 90.3 Å². The minimum Gasteiger partial charge on any atom is -0.492 e. The Hall–Kier alpha value is -4.85. The zero-order valence-electron chi connectivity index (χ0n) is 20.3. The molecule has 8 nitrogen and oxygen atoms in total. The number of benzene rings is 3. The van der Waals surface area contributed by atoms with Crippen LogP contribution >= 0.6 is 0 Å². The Bertz CT molecular complexity index is 1350. The Balaban J connectivity index is 1.88. The predicted molar refractivity (Wildman–Crippen MR) is 138 cm³/mol. The Morgan fingerprint density at radius 2 is 1.62 bits per heavy atom. The normalized spacial score (nSPS) is 11.1. The molecule has 0 saturated carbocycles. The number of ether oxygens (including phenoxy) is 3. The number of esters is 1. The van der Waals surface area contributed by atoms with Gasteiger partial charge in [-0.1, -0.05) is 72.8 Å². The first kappa shape index (κ1) is 25.2. The average Bonchev–Trinajstić information content (AvgIpc) is 3.36. The van der Waals surface area contributed by atoms with E-state index in [0.717, 1.165) is 11.1 Å². The molecular weight excluding hydrogens is 474 g/mol. The zero-order valence-corrected chi connectivity index (χ0v) is 20.3. The number of carbonyl (C=O) groups is 2. The van der Waals surface area contributed by atoms with Crippen molar-refractivity contribution in [2.45, 2.75) is 6.92 Å². The van der Waals surface area contributed by atoms with Gasteiger partial charge < -0.3 is 23.7 Å². The van der Waals surface area contributed by atoms with E-state index >= 15 is 0 Å². The summed E-state index contributed by atoms with van der Waals surface area (Å²) in [4.78, 5) is 28.8. The molecule has 0 unspecified atom stereocenters. The number of aromatic nitrogens is 1. The smallest absolute Gasteiger partial charge is 0.343 e. The van der Waals surface area contributed by atoms with Gasteiger partial charge in [-0.25, -0.2) is 14.6 Å². The minimum absolute atomic E-state index is 0.0647. The van der Waals surface area contributed by atoms with Gasteiger partial charge in [0.1, 0.15) is 11.3 Å². The van der Waals surface area contributed by atoms with Gasteiger partial charge in [0.2, 0.25) is 5.89 Å². The summed E-state index contributed by atoms with van der Waals surface area (Å²) in [6.07, 6.45) is 1.53. The van der Waals surface area contributed by atoms with Crippen LogP contribution in [-0.4, -0.2) is 42.4 Å².